The number of hydrogen-bond donors (Lipinski definition) is 0. The summed E-state index contributed by atoms with van der Waals surface area (Å²) in [5.41, 5.74) is 0. The normalized spacial score (nSPS) is 20.8. The number of carbonyl (C=O) groups is 1. The molecule has 0 unspecified atom stereocenters. The molecule has 0 radical (unpaired) electrons. The van der Waals surface area contributed by atoms with Gasteiger partial charge in [0, 0.05) is 6.42 Å². The third kappa shape index (κ3) is 4.27. The first-order valence-electron chi connectivity index (χ1n) is 5.66. The van der Waals surface area contributed by atoms with Gasteiger partial charge in [-0.1, -0.05) is 37.1 Å². The molecule has 86 valence electrons. The van der Waals surface area contributed by atoms with E-state index in [1.165, 1.54) is 6.42 Å². The van der Waals surface area contributed by atoms with Crippen molar-refractivity contribution in [3.8, 4) is 0 Å². The number of nitro groups is 1. The van der Waals surface area contributed by atoms with Crippen molar-refractivity contribution in [2.75, 3.05) is 6.54 Å². The van der Waals surface area contributed by atoms with Crippen molar-refractivity contribution in [3.05, 3.63) is 10.1 Å². The molecule has 1 aliphatic heterocycles. The highest BCUT2D eigenvalue weighted by Gasteiger charge is 2.22. The Morgan fingerprint density at radius 1 is 1.00 bits per heavy atom. The van der Waals surface area contributed by atoms with Gasteiger partial charge in [-0.15, -0.1) is 0 Å². The molecular formula is C10H18N2O3. The van der Waals surface area contributed by atoms with Crippen LogP contribution in [0.4, 0.5) is 0 Å². The van der Waals surface area contributed by atoms with E-state index in [4.69, 9.17) is 0 Å². The Morgan fingerprint density at radius 3 is 2.13 bits per heavy atom. The molecule has 0 spiro atoms. The van der Waals surface area contributed by atoms with Crippen LogP contribution in [0.2, 0.25) is 0 Å². The Bertz CT molecular complexity index is 231. The molecular weight excluding hydrogens is 196 g/mol. The summed E-state index contributed by atoms with van der Waals surface area (Å²) in [5, 5.41) is 10.8. The van der Waals surface area contributed by atoms with Crippen LogP contribution in [0, 0.1) is 10.1 Å². The molecule has 5 heteroatoms. The molecule has 0 N–H and O–H groups in total. The summed E-state index contributed by atoms with van der Waals surface area (Å²) in [6.07, 6.45) is 7.30. The smallest absolute Gasteiger partial charge is 0.269 e. The second-order valence-electron chi connectivity index (χ2n) is 3.98. The van der Waals surface area contributed by atoms with E-state index in [9.17, 15) is 14.9 Å². The van der Waals surface area contributed by atoms with Crippen molar-refractivity contribution in [2.24, 2.45) is 0 Å². The molecule has 0 atom stereocenters. The van der Waals surface area contributed by atoms with Crippen molar-refractivity contribution in [1.82, 2.24) is 5.01 Å². The molecule has 1 amide bonds. The number of amides is 1. The Balaban J connectivity index is 2.50. The Labute approximate surface area is 89.6 Å². The molecule has 15 heavy (non-hydrogen) atoms. The zero-order valence-corrected chi connectivity index (χ0v) is 8.98. The first-order chi connectivity index (χ1) is 7.22. The van der Waals surface area contributed by atoms with Crippen molar-refractivity contribution in [3.63, 3.8) is 0 Å². The molecule has 0 aromatic heterocycles. The predicted octanol–water partition coefficient (Wildman–Crippen LogP) is 2.14. The summed E-state index contributed by atoms with van der Waals surface area (Å²) in [4.78, 5) is 22.1. The van der Waals surface area contributed by atoms with Gasteiger partial charge in [0.2, 0.25) is 0 Å². The molecule has 0 aromatic rings. The van der Waals surface area contributed by atoms with Gasteiger partial charge < -0.3 is 0 Å². The van der Waals surface area contributed by atoms with Gasteiger partial charge >= 0.3 is 0 Å². The molecule has 5 nitrogen and oxygen atoms in total. The molecule has 0 aliphatic carbocycles. The first-order valence-corrected chi connectivity index (χ1v) is 5.66. The van der Waals surface area contributed by atoms with Gasteiger partial charge in [-0.25, -0.2) is 10.1 Å². The molecule has 1 rings (SSSR count). The number of hydrazine groups is 1. The van der Waals surface area contributed by atoms with Crippen molar-refractivity contribution in [1.29, 1.82) is 0 Å². The molecule has 1 heterocycles. The van der Waals surface area contributed by atoms with Crippen LogP contribution in [0.25, 0.3) is 0 Å². The van der Waals surface area contributed by atoms with Crippen LogP contribution in [0.1, 0.15) is 51.4 Å². The quantitative estimate of drug-likeness (QED) is 0.496. The fraction of sp³-hybridized carbons (Fsp3) is 0.900. The van der Waals surface area contributed by atoms with Gasteiger partial charge in [-0.05, 0) is 12.8 Å². The lowest BCUT2D eigenvalue weighted by Gasteiger charge is -2.11. The maximum absolute atomic E-state index is 11.5. The summed E-state index contributed by atoms with van der Waals surface area (Å²) >= 11 is 0. The van der Waals surface area contributed by atoms with E-state index in [0.29, 0.717) is 6.42 Å². The fourth-order valence-corrected chi connectivity index (χ4v) is 1.85. The average Bonchev–Trinajstić information content (AvgIpc) is 2.23. The number of nitrogens with zero attached hydrogens (tertiary/aromatic N) is 2. The largest absolute Gasteiger partial charge is 0.283 e. The zero-order valence-electron chi connectivity index (χ0n) is 8.98. The number of rotatable bonds is 1. The lowest BCUT2D eigenvalue weighted by molar-refractivity contribution is -0.634. The lowest BCUT2D eigenvalue weighted by Crippen LogP contribution is -2.36. The maximum atomic E-state index is 11.5. The fourth-order valence-electron chi connectivity index (χ4n) is 1.85. The minimum absolute atomic E-state index is 0.270. The topological polar surface area (TPSA) is 63.5 Å². The first kappa shape index (κ1) is 11.9. The van der Waals surface area contributed by atoms with Crippen LogP contribution in [0.5, 0.6) is 0 Å². The van der Waals surface area contributed by atoms with Crippen molar-refractivity contribution in [2.45, 2.75) is 51.4 Å². The van der Waals surface area contributed by atoms with Crippen LogP contribution in [-0.2, 0) is 4.79 Å². The van der Waals surface area contributed by atoms with Crippen molar-refractivity contribution >= 4 is 5.91 Å². The third-order valence-electron chi connectivity index (χ3n) is 2.75. The van der Waals surface area contributed by atoms with E-state index >= 15 is 0 Å². The summed E-state index contributed by atoms with van der Waals surface area (Å²) in [6, 6.07) is 0. The van der Waals surface area contributed by atoms with E-state index in [2.05, 4.69) is 0 Å². The van der Waals surface area contributed by atoms with E-state index in [1.54, 1.807) is 0 Å². The SMILES string of the molecule is O=C1CCCCCCCCCN1[N+](=O)[O-]. The Morgan fingerprint density at radius 2 is 1.53 bits per heavy atom. The van der Waals surface area contributed by atoms with E-state index in [1.807, 2.05) is 0 Å². The van der Waals surface area contributed by atoms with E-state index in [-0.39, 0.29) is 12.5 Å². The van der Waals surface area contributed by atoms with Gasteiger partial charge in [0.1, 0.15) is 0 Å². The molecule has 1 fully saturated rings. The van der Waals surface area contributed by atoms with E-state index in [0.717, 1.165) is 43.5 Å². The van der Waals surface area contributed by atoms with Gasteiger partial charge in [0.15, 0.2) is 5.03 Å². The minimum atomic E-state index is -0.569. The standard InChI is InChI=1S/C10H18N2O3/c13-10-8-6-4-2-1-3-5-7-9-11(10)12(14)15/h1-9H2. The highest BCUT2D eigenvalue weighted by molar-refractivity contribution is 5.74. The van der Waals surface area contributed by atoms with Crippen LogP contribution < -0.4 is 0 Å². The summed E-state index contributed by atoms with van der Waals surface area (Å²) in [5.74, 6) is -0.332. The van der Waals surface area contributed by atoms with Gasteiger partial charge in [0.25, 0.3) is 5.91 Å². The average molecular weight is 214 g/mol. The maximum Gasteiger partial charge on any atom is 0.283 e. The molecule has 1 saturated heterocycles. The predicted molar refractivity (Wildman–Crippen MR) is 55.6 cm³/mol. The Hall–Kier alpha value is -1.13. The second kappa shape index (κ2) is 6.37. The molecule has 0 aromatic carbocycles. The molecule has 0 saturated carbocycles. The van der Waals surface area contributed by atoms with E-state index < -0.39 is 5.03 Å². The van der Waals surface area contributed by atoms with Crippen molar-refractivity contribution < 1.29 is 9.83 Å². The molecule has 1 aliphatic rings. The lowest BCUT2D eigenvalue weighted by atomic mass is 10.1. The van der Waals surface area contributed by atoms with Gasteiger partial charge in [-0.2, -0.15) is 0 Å². The van der Waals surface area contributed by atoms with Crippen LogP contribution in [0.15, 0.2) is 0 Å². The summed E-state index contributed by atoms with van der Waals surface area (Å²) in [7, 11) is 0. The highest BCUT2D eigenvalue weighted by Crippen LogP contribution is 2.12. The zero-order chi connectivity index (χ0) is 11.1. The van der Waals surface area contributed by atoms with Gasteiger partial charge in [-0.3, -0.25) is 4.79 Å². The third-order valence-corrected chi connectivity index (χ3v) is 2.75. The Kier molecular flexibility index (Phi) is 5.07. The minimum Gasteiger partial charge on any atom is -0.269 e. The highest BCUT2D eigenvalue weighted by atomic mass is 16.7. The number of carbonyl (C=O) groups excluding carboxylic acids is 1. The van der Waals surface area contributed by atoms with Crippen LogP contribution >= 0.6 is 0 Å². The number of hydrogen-bond acceptors (Lipinski definition) is 3. The molecule has 0 bridgehead atoms. The van der Waals surface area contributed by atoms with Crippen LogP contribution in [-0.4, -0.2) is 22.5 Å². The summed E-state index contributed by atoms with van der Waals surface area (Å²) in [6.45, 7) is 0.270. The monoisotopic (exact) mass is 214 g/mol. The van der Waals surface area contributed by atoms with Crippen LogP contribution in [0.3, 0.4) is 0 Å². The second-order valence-corrected chi connectivity index (χ2v) is 3.98. The van der Waals surface area contributed by atoms with Gasteiger partial charge in [0.05, 0.1) is 6.54 Å². The summed E-state index contributed by atoms with van der Waals surface area (Å²) < 4.78 is 0.